The lowest BCUT2D eigenvalue weighted by molar-refractivity contribution is -0.120. The number of rotatable bonds is 6. The molecule has 0 bridgehead atoms. The molecule has 0 saturated carbocycles. The number of halogens is 1. The van der Waals surface area contributed by atoms with Crippen LogP contribution in [0.2, 0.25) is 5.02 Å². The summed E-state index contributed by atoms with van der Waals surface area (Å²) in [6.07, 6.45) is 1.71. The van der Waals surface area contributed by atoms with Gasteiger partial charge in [0, 0.05) is 5.56 Å². The van der Waals surface area contributed by atoms with E-state index in [1.54, 1.807) is 25.3 Å². The highest BCUT2D eigenvalue weighted by Crippen LogP contribution is 2.30. The molecule has 5 nitrogen and oxygen atoms in total. The molecule has 0 unspecified atom stereocenters. The molecule has 3 aromatic carbocycles. The second kappa shape index (κ2) is 8.84. The van der Waals surface area contributed by atoms with E-state index in [-0.39, 0.29) is 12.3 Å². The lowest BCUT2D eigenvalue weighted by Crippen LogP contribution is -2.19. The van der Waals surface area contributed by atoms with E-state index in [4.69, 9.17) is 20.8 Å². The zero-order valence-corrected chi connectivity index (χ0v) is 17.0. The van der Waals surface area contributed by atoms with E-state index in [9.17, 15) is 4.79 Å². The number of amides is 1. The van der Waals surface area contributed by atoms with Crippen molar-refractivity contribution in [2.45, 2.75) is 6.42 Å². The summed E-state index contributed by atoms with van der Waals surface area (Å²) in [4.78, 5) is 12.3. The highest BCUT2D eigenvalue weighted by atomic mass is 35.5. The van der Waals surface area contributed by atoms with Crippen LogP contribution < -0.4 is 10.2 Å². The molecule has 0 atom stereocenters. The fourth-order valence-corrected chi connectivity index (χ4v) is 3.48. The number of carbonyl (C=O) groups is 1. The fraction of sp³-hybridized carbons (Fsp3) is 0.0833. The van der Waals surface area contributed by atoms with Gasteiger partial charge >= 0.3 is 0 Å². The Balaban J connectivity index is 1.40. The maximum atomic E-state index is 12.3. The normalized spacial score (nSPS) is 11.1. The number of fused-ring (bicyclic) bond motifs is 1. The third-order valence-electron chi connectivity index (χ3n) is 4.68. The SMILES string of the molecule is COc1ccc(-c2ccc(/C=N\NC(=O)Cc3cccc4ccccc34)o2)cc1Cl. The van der Waals surface area contributed by atoms with Crippen molar-refractivity contribution < 1.29 is 13.9 Å². The number of nitrogens with one attached hydrogen (secondary N) is 1. The largest absolute Gasteiger partial charge is 0.495 e. The highest BCUT2D eigenvalue weighted by molar-refractivity contribution is 6.32. The van der Waals surface area contributed by atoms with Gasteiger partial charge in [-0.3, -0.25) is 4.79 Å². The van der Waals surface area contributed by atoms with Gasteiger partial charge in [0.1, 0.15) is 17.3 Å². The number of methoxy groups -OCH3 is 1. The number of hydrazone groups is 1. The molecule has 4 aromatic rings. The number of nitrogens with zero attached hydrogens (tertiary/aromatic N) is 1. The summed E-state index contributed by atoms with van der Waals surface area (Å²) in [5.74, 6) is 1.56. The Bertz CT molecular complexity index is 1220. The van der Waals surface area contributed by atoms with Crippen LogP contribution in [-0.4, -0.2) is 19.2 Å². The monoisotopic (exact) mass is 418 g/mol. The number of benzene rings is 3. The van der Waals surface area contributed by atoms with Crippen molar-refractivity contribution in [3.63, 3.8) is 0 Å². The molecule has 6 heteroatoms. The van der Waals surface area contributed by atoms with Gasteiger partial charge in [-0.05, 0) is 46.7 Å². The Kier molecular flexibility index (Phi) is 5.82. The van der Waals surface area contributed by atoms with Crippen molar-refractivity contribution in [2.24, 2.45) is 5.10 Å². The van der Waals surface area contributed by atoms with Crippen LogP contribution in [0.25, 0.3) is 22.1 Å². The van der Waals surface area contributed by atoms with Gasteiger partial charge < -0.3 is 9.15 Å². The van der Waals surface area contributed by atoms with Gasteiger partial charge in [0.25, 0.3) is 0 Å². The summed E-state index contributed by atoms with van der Waals surface area (Å²) >= 11 is 6.17. The maximum absolute atomic E-state index is 12.3. The van der Waals surface area contributed by atoms with E-state index >= 15 is 0 Å². The molecule has 0 aliphatic heterocycles. The lowest BCUT2D eigenvalue weighted by atomic mass is 10.0. The molecule has 150 valence electrons. The average molecular weight is 419 g/mol. The number of hydrogen-bond donors (Lipinski definition) is 1. The lowest BCUT2D eigenvalue weighted by Gasteiger charge is -2.05. The van der Waals surface area contributed by atoms with Gasteiger partial charge in [-0.1, -0.05) is 54.1 Å². The van der Waals surface area contributed by atoms with E-state index in [0.29, 0.717) is 22.3 Å². The Morgan fingerprint density at radius 3 is 2.77 bits per heavy atom. The molecule has 0 radical (unpaired) electrons. The third kappa shape index (κ3) is 4.36. The molecule has 0 saturated heterocycles. The first kappa shape index (κ1) is 19.7. The first-order valence-corrected chi connectivity index (χ1v) is 9.74. The average Bonchev–Trinajstić information content (AvgIpc) is 3.23. The Morgan fingerprint density at radius 2 is 1.93 bits per heavy atom. The minimum Gasteiger partial charge on any atom is -0.495 e. The van der Waals surface area contributed by atoms with E-state index in [1.807, 2.05) is 54.6 Å². The third-order valence-corrected chi connectivity index (χ3v) is 4.97. The number of hydrogen-bond acceptors (Lipinski definition) is 4. The maximum Gasteiger partial charge on any atom is 0.244 e. The number of ether oxygens (including phenoxy) is 1. The molecule has 0 fully saturated rings. The molecule has 0 aliphatic rings. The van der Waals surface area contributed by atoms with Crippen molar-refractivity contribution in [3.05, 3.63) is 89.1 Å². The Morgan fingerprint density at radius 1 is 1.10 bits per heavy atom. The molecular weight excluding hydrogens is 400 g/mol. The number of furan rings is 1. The molecule has 1 aromatic heterocycles. The van der Waals surface area contributed by atoms with Crippen molar-refractivity contribution >= 4 is 34.5 Å². The molecule has 4 rings (SSSR count). The van der Waals surface area contributed by atoms with Crippen LogP contribution in [0, 0.1) is 0 Å². The molecule has 1 N–H and O–H groups in total. The summed E-state index contributed by atoms with van der Waals surface area (Å²) in [6, 6.07) is 22.9. The van der Waals surface area contributed by atoms with E-state index in [2.05, 4.69) is 10.5 Å². The molecule has 30 heavy (non-hydrogen) atoms. The van der Waals surface area contributed by atoms with Crippen LogP contribution in [0.5, 0.6) is 5.75 Å². The van der Waals surface area contributed by atoms with Crippen molar-refractivity contribution in [1.82, 2.24) is 5.43 Å². The van der Waals surface area contributed by atoms with Gasteiger partial charge in [0.15, 0.2) is 0 Å². The molecule has 1 heterocycles. The first-order valence-electron chi connectivity index (χ1n) is 9.36. The zero-order valence-electron chi connectivity index (χ0n) is 16.3. The van der Waals surface area contributed by atoms with Crippen LogP contribution >= 0.6 is 11.6 Å². The molecular formula is C24H19ClN2O3. The minimum absolute atomic E-state index is 0.198. The summed E-state index contributed by atoms with van der Waals surface area (Å²) < 4.78 is 10.9. The van der Waals surface area contributed by atoms with Crippen LogP contribution in [-0.2, 0) is 11.2 Å². The van der Waals surface area contributed by atoms with Crippen molar-refractivity contribution in [1.29, 1.82) is 0 Å². The molecule has 0 aliphatic carbocycles. The summed E-state index contributed by atoms with van der Waals surface area (Å²) in [6.45, 7) is 0. The van der Waals surface area contributed by atoms with Crippen LogP contribution in [0.1, 0.15) is 11.3 Å². The predicted molar refractivity (Wildman–Crippen MR) is 119 cm³/mol. The van der Waals surface area contributed by atoms with Crippen LogP contribution in [0.3, 0.4) is 0 Å². The summed E-state index contributed by atoms with van der Waals surface area (Å²) in [5.41, 5.74) is 4.33. The summed E-state index contributed by atoms with van der Waals surface area (Å²) in [5, 5.41) is 6.68. The second-order valence-corrected chi connectivity index (χ2v) is 7.07. The van der Waals surface area contributed by atoms with Crippen LogP contribution in [0.4, 0.5) is 0 Å². The second-order valence-electron chi connectivity index (χ2n) is 6.66. The van der Waals surface area contributed by atoms with Gasteiger partial charge in [0.05, 0.1) is 24.8 Å². The van der Waals surface area contributed by atoms with Gasteiger partial charge in [0.2, 0.25) is 5.91 Å². The van der Waals surface area contributed by atoms with Gasteiger partial charge in [-0.15, -0.1) is 0 Å². The first-order chi connectivity index (χ1) is 14.6. The van der Waals surface area contributed by atoms with E-state index in [1.165, 1.54) is 6.21 Å². The van der Waals surface area contributed by atoms with Crippen molar-refractivity contribution in [2.75, 3.05) is 7.11 Å². The standard InChI is InChI=1S/C24H19ClN2O3/c1-29-23-11-9-18(13-21(23)25)22-12-10-19(30-22)15-26-27-24(28)14-17-7-4-6-16-5-2-3-8-20(16)17/h2-13,15H,14H2,1H3,(H,27,28)/b26-15-. The molecule has 1 amide bonds. The quantitative estimate of drug-likeness (QED) is 0.334. The van der Waals surface area contributed by atoms with Crippen LogP contribution in [0.15, 0.2) is 82.3 Å². The van der Waals surface area contributed by atoms with Crippen molar-refractivity contribution in [3.8, 4) is 17.1 Å². The predicted octanol–water partition coefficient (Wildman–Crippen LogP) is 5.45. The highest BCUT2D eigenvalue weighted by Gasteiger charge is 2.08. The van der Waals surface area contributed by atoms with E-state index < -0.39 is 0 Å². The summed E-state index contributed by atoms with van der Waals surface area (Å²) in [7, 11) is 1.57. The smallest absolute Gasteiger partial charge is 0.244 e. The van der Waals surface area contributed by atoms with Gasteiger partial charge in [-0.2, -0.15) is 5.10 Å². The Labute approximate surface area is 178 Å². The Hall–Kier alpha value is -3.57. The van der Waals surface area contributed by atoms with Gasteiger partial charge in [-0.25, -0.2) is 5.43 Å². The minimum atomic E-state index is -0.198. The van der Waals surface area contributed by atoms with E-state index in [0.717, 1.165) is 21.9 Å². The fourth-order valence-electron chi connectivity index (χ4n) is 3.22. The molecule has 0 spiro atoms. The topological polar surface area (TPSA) is 63.8 Å². The number of carbonyl (C=O) groups excluding carboxylic acids is 1. The zero-order chi connectivity index (χ0) is 20.9.